The minimum absolute atomic E-state index is 0.335. The first-order chi connectivity index (χ1) is 15.6. The van der Waals surface area contributed by atoms with E-state index in [4.69, 9.17) is 4.98 Å². The van der Waals surface area contributed by atoms with Crippen molar-refractivity contribution >= 4 is 10.9 Å². The van der Waals surface area contributed by atoms with E-state index in [0.717, 1.165) is 26.8 Å². The van der Waals surface area contributed by atoms with Crippen LogP contribution < -0.4 is 0 Å². The van der Waals surface area contributed by atoms with Gasteiger partial charge in [-0.3, -0.25) is 4.98 Å². The first-order valence-electron chi connectivity index (χ1n) is 10.00. The van der Waals surface area contributed by atoms with Gasteiger partial charge in [0.15, 0.2) is 5.82 Å². The van der Waals surface area contributed by atoms with Crippen LogP contribution in [-0.4, -0.2) is 19.9 Å². The van der Waals surface area contributed by atoms with E-state index in [2.05, 4.69) is 11.1 Å². The number of hydrogen-bond acceptors (Lipinski definition) is 4. The van der Waals surface area contributed by atoms with Crippen molar-refractivity contribution in [2.75, 3.05) is 0 Å². The molecule has 0 aliphatic heterocycles. The Hall–Kier alpha value is -4.50. The van der Waals surface area contributed by atoms with Crippen LogP contribution in [0.15, 0.2) is 79.0 Å². The van der Waals surface area contributed by atoms with Gasteiger partial charge in [-0.1, -0.05) is 18.2 Å². The molecule has 0 amide bonds. The summed E-state index contributed by atoms with van der Waals surface area (Å²) in [4.78, 5) is 9.18. The van der Waals surface area contributed by atoms with Crippen molar-refractivity contribution in [1.82, 2.24) is 14.7 Å². The zero-order chi connectivity index (χ0) is 22.2. The topological polar surface area (TPSA) is 74.7 Å². The van der Waals surface area contributed by atoms with E-state index in [-0.39, 0.29) is 5.82 Å². The zero-order valence-corrected chi connectivity index (χ0v) is 17.1. The van der Waals surface area contributed by atoms with Crippen LogP contribution in [0.3, 0.4) is 0 Å². The third-order valence-corrected chi connectivity index (χ3v) is 5.47. The summed E-state index contributed by atoms with van der Waals surface area (Å²) in [5.74, 6) is -0.0153. The maximum Gasteiger partial charge on any atom is 0.176 e. The third-order valence-electron chi connectivity index (χ3n) is 5.47. The van der Waals surface area contributed by atoms with Crippen LogP contribution in [0.5, 0.6) is 0 Å². The van der Waals surface area contributed by atoms with Crippen LogP contribution in [0.25, 0.3) is 44.8 Å². The molecule has 32 heavy (non-hydrogen) atoms. The minimum atomic E-state index is -0.351. The zero-order valence-electron chi connectivity index (χ0n) is 17.1. The van der Waals surface area contributed by atoms with Gasteiger partial charge in [0, 0.05) is 28.3 Å². The van der Waals surface area contributed by atoms with E-state index in [0.29, 0.717) is 33.9 Å². The van der Waals surface area contributed by atoms with Gasteiger partial charge in [0.25, 0.3) is 0 Å². The molecule has 0 bridgehead atoms. The summed E-state index contributed by atoms with van der Waals surface area (Å²) in [7, 11) is 0. The predicted octanol–water partition coefficient (Wildman–Crippen LogP) is 5.99. The monoisotopic (exact) mass is 420 g/mol. The van der Waals surface area contributed by atoms with E-state index in [1.165, 1.54) is 12.1 Å². The standard InChI is InChI=1S/C26H17FN4O/c1-16-14-17(15-28)6-11-20(16)26-30-24(18-7-9-19(27)10-8-18)25(31(26)32)22-12-13-29-23-5-3-2-4-21(22)23/h2-14,32H,1H3. The number of rotatable bonds is 3. The molecule has 6 heteroatoms. The molecule has 0 spiro atoms. The van der Waals surface area contributed by atoms with Crippen molar-refractivity contribution in [2.45, 2.75) is 6.92 Å². The summed E-state index contributed by atoms with van der Waals surface area (Å²) in [6, 6.07) is 22.8. The third kappa shape index (κ3) is 3.17. The SMILES string of the molecule is Cc1cc(C#N)ccc1-c1nc(-c2ccc(F)cc2)c(-c2ccnc3ccccc23)n1O. The number of para-hydroxylation sites is 1. The van der Waals surface area contributed by atoms with Gasteiger partial charge in [0.05, 0.1) is 17.1 Å². The summed E-state index contributed by atoms with van der Waals surface area (Å²) >= 11 is 0. The fourth-order valence-corrected chi connectivity index (χ4v) is 3.92. The van der Waals surface area contributed by atoms with Crippen LogP contribution in [0.2, 0.25) is 0 Å². The first kappa shape index (κ1) is 19.5. The Labute approximate surface area is 183 Å². The molecule has 0 unspecified atom stereocenters. The molecule has 0 atom stereocenters. The highest BCUT2D eigenvalue weighted by Crippen LogP contribution is 2.38. The normalized spacial score (nSPS) is 10.9. The van der Waals surface area contributed by atoms with Gasteiger partial charge in [0.1, 0.15) is 17.2 Å². The van der Waals surface area contributed by atoms with E-state index < -0.39 is 0 Å². The fourth-order valence-electron chi connectivity index (χ4n) is 3.92. The molecule has 0 saturated carbocycles. The van der Waals surface area contributed by atoms with Gasteiger partial charge < -0.3 is 5.21 Å². The molecule has 0 aliphatic carbocycles. The highest BCUT2D eigenvalue weighted by atomic mass is 19.1. The van der Waals surface area contributed by atoms with Crippen LogP contribution in [0.1, 0.15) is 11.1 Å². The van der Waals surface area contributed by atoms with Crippen molar-refractivity contribution in [3.8, 4) is 40.0 Å². The molecular formula is C26H17FN4O. The van der Waals surface area contributed by atoms with Gasteiger partial charge in [-0.15, -0.1) is 0 Å². The quantitative estimate of drug-likeness (QED) is 0.364. The van der Waals surface area contributed by atoms with Crippen molar-refractivity contribution in [1.29, 1.82) is 5.26 Å². The summed E-state index contributed by atoms with van der Waals surface area (Å²) in [6.07, 6.45) is 1.69. The van der Waals surface area contributed by atoms with Crippen LogP contribution in [0, 0.1) is 24.1 Å². The van der Waals surface area contributed by atoms with Gasteiger partial charge >= 0.3 is 0 Å². The fraction of sp³-hybridized carbons (Fsp3) is 0.0385. The van der Waals surface area contributed by atoms with E-state index in [1.54, 1.807) is 36.5 Å². The number of pyridine rings is 1. The van der Waals surface area contributed by atoms with Crippen LogP contribution in [0.4, 0.5) is 4.39 Å². The van der Waals surface area contributed by atoms with Crippen LogP contribution in [-0.2, 0) is 0 Å². The molecule has 1 N–H and O–H groups in total. The molecular weight excluding hydrogens is 403 g/mol. The summed E-state index contributed by atoms with van der Waals surface area (Å²) < 4.78 is 14.7. The number of fused-ring (bicyclic) bond motifs is 1. The number of aromatic nitrogens is 3. The maximum absolute atomic E-state index is 13.6. The summed E-state index contributed by atoms with van der Waals surface area (Å²) in [5, 5.41) is 21.4. The minimum Gasteiger partial charge on any atom is -0.426 e. The highest BCUT2D eigenvalue weighted by molar-refractivity contribution is 5.97. The first-order valence-corrected chi connectivity index (χ1v) is 10.00. The second-order valence-corrected chi connectivity index (χ2v) is 7.47. The Morgan fingerprint density at radius 3 is 2.50 bits per heavy atom. The molecule has 154 valence electrons. The molecule has 5 rings (SSSR count). The molecule has 5 aromatic rings. The number of imidazole rings is 1. The molecule has 2 aromatic heterocycles. The smallest absolute Gasteiger partial charge is 0.176 e. The number of halogens is 1. The van der Waals surface area contributed by atoms with E-state index in [1.807, 2.05) is 37.3 Å². The largest absolute Gasteiger partial charge is 0.426 e. The van der Waals surface area contributed by atoms with Crippen LogP contribution >= 0.6 is 0 Å². The lowest BCUT2D eigenvalue weighted by molar-refractivity contribution is 0.195. The number of hydrogen-bond donors (Lipinski definition) is 1. The molecule has 2 heterocycles. The lowest BCUT2D eigenvalue weighted by atomic mass is 10.0. The number of aryl methyl sites for hydroxylation is 1. The van der Waals surface area contributed by atoms with Gasteiger partial charge in [-0.05, 0) is 67.1 Å². The Kier molecular flexibility index (Phi) is 4.65. The van der Waals surface area contributed by atoms with Crippen molar-refractivity contribution < 1.29 is 9.60 Å². The van der Waals surface area contributed by atoms with Gasteiger partial charge in [-0.2, -0.15) is 9.99 Å². The second kappa shape index (κ2) is 7.64. The predicted molar refractivity (Wildman–Crippen MR) is 120 cm³/mol. The van der Waals surface area contributed by atoms with E-state index in [9.17, 15) is 14.9 Å². The average molecular weight is 420 g/mol. The lowest BCUT2D eigenvalue weighted by Crippen LogP contribution is -1.99. The van der Waals surface area contributed by atoms with Crippen molar-refractivity contribution in [2.24, 2.45) is 0 Å². The van der Waals surface area contributed by atoms with Gasteiger partial charge in [0.2, 0.25) is 0 Å². The Bertz CT molecular complexity index is 1510. The highest BCUT2D eigenvalue weighted by Gasteiger charge is 2.23. The Morgan fingerprint density at radius 2 is 1.75 bits per heavy atom. The van der Waals surface area contributed by atoms with Crippen molar-refractivity contribution in [3.63, 3.8) is 0 Å². The molecule has 0 radical (unpaired) electrons. The van der Waals surface area contributed by atoms with E-state index >= 15 is 0 Å². The number of nitrogens with zero attached hydrogens (tertiary/aromatic N) is 4. The number of benzene rings is 3. The Morgan fingerprint density at radius 1 is 0.969 bits per heavy atom. The summed E-state index contributed by atoms with van der Waals surface area (Å²) in [6.45, 7) is 1.87. The molecule has 0 fully saturated rings. The molecule has 5 nitrogen and oxygen atoms in total. The second-order valence-electron chi connectivity index (χ2n) is 7.47. The number of nitriles is 1. The maximum atomic E-state index is 13.6. The molecule has 0 aliphatic rings. The summed E-state index contributed by atoms with van der Waals surface area (Å²) in [5.41, 5.74) is 5.23. The average Bonchev–Trinajstić information content (AvgIpc) is 3.15. The molecule has 0 saturated heterocycles. The lowest BCUT2D eigenvalue weighted by Gasteiger charge is -2.10. The Balaban J connectivity index is 1.83. The molecule has 3 aromatic carbocycles. The van der Waals surface area contributed by atoms with Gasteiger partial charge in [-0.25, -0.2) is 9.37 Å². The van der Waals surface area contributed by atoms with Crippen molar-refractivity contribution in [3.05, 3.63) is 95.9 Å².